The van der Waals surface area contributed by atoms with E-state index in [9.17, 15) is 27.9 Å². The number of carbonyl (C=O) groups is 1. The van der Waals surface area contributed by atoms with E-state index in [4.69, 9.17) is 0 Å². The maximum absolute atomic E-state index is 15.0. The number of halogens is 4. The molecule has 0 aliphatic carbocycles. The summed E-state index contributed by atoms with van der Waals surface area (Å²) in [5.41, 5.74) is -1.08. The van der Waals surface area contributed by atoms with E-state index >= 15 is 4.39 Å². The zero-order valence-electron chi connectivity index (χ0n) is 17.0. The van der Waals surface area contributed by atoms with E-state index in [0.717, 1.165) is 29.1 Å². The molecule has 0 radical (unpaired) electrons. The molecule has 2 aromatic carbocycles. The molecule has 0 unspecified atom stereocenters. The minimum atomic E-state index is -1.16. The van der Waals surface area contributed by atoms with Crippen LogP contribution in [0.25, 0.3) is 0 Å². The molecule has 1 N–H and O–H groups in total. The standard InChI is InChI=1S/C23H17F4N3O3/c24-12-4-5-13(15(26)9-12)19(11-3-6-14(25)16(27)8-11)20-17-2-1-7-29(17)23(33)21-22(32)18(31)10-28-30(20)21/h3-6,8-10,17,19-20,32H,1-2,7H2/t17-,19+,20-/m1/s1. The first-order valence-electron chi connectivity index (χ1n) is 10.3. The van der Waals surface area contributed by atoms with E-state index < -0.39 is 58.4 Å². The molecular formula is C23H17F4N3O3. The fourth-order valence-corrected chi connectivity index (χ4v) is 4.97. The highest BCUT2D eigenvalue weighted by molar-refractivity contribution is 5.96. The second-order valence-corrected chi connectivity index (χ2v) is 8.17. The third kappa shape index (κ3) is 3.28. The molecule has 10 heteroatoms. The average Bonchev–Trinajstić information content (AvgIpc) is 3.26. The molecular weight excluding hydrogens is 442 g/mol. The Kier molecular flexibility index (Phi) is 4.95. The van der Waals surface area contributed by atoms with E-state index in [-0.39, 0.29) is 16.8 Å². The van der Waals surface area contributed by atoms with Crippen LogP contribution < -0.4 is 5.43 Å². The van der Waals surface area contributed by atoms with Gasteiger partial charge in [0, 0.05) is 18.5 Å². The lowest BCUT2D eigenvalue weighted by Gasteiger charge is -2.42. The summed E-state index contributed by atoms with van der Waals surface area (Å²) >= 11 is 0. The molecule has 1 aromatic heterocycles. The van der Waals surface area contributed by atoms with E-state index in [2.05, 4.69) is 5.10 Å². The molecule has 170 valence electrons. The first kappa shape index (κ1) is 21.2. The summed E-state index contributed by atoms with van der Waals surface area (Å²) in [6, 6.07) is 4.59. The Balaban J connectivity index is 1.81. The van der Waals surface area contributed by atoms with Crippen molar-refractivity contribution in [3.8, 4) is 5.75 Å². The second kappa shape index (κ2) is 7.72. The Morgan fingerprint density at radius 2 is 1.79 bits per heavy atom. The van der Waals surface area contributed by atoms with Crippen molar-refractivity contribution < 1.29 is 27.5 Å². The van der Waals surface area contributed by atoms with E-state index in [1.807, 2.05) is 0 Å². The van der Waals surface area contributed by atoms with Gasteiger partial charge in [-0.1, -0.05) is 12.1 Å². The van der Waals surface area contributed by atoms with Crippen LogP contribution in [0.2, 0.25) is 0 Å². The van der Waals surface area contributed by atoms with E-state index in [1.165, 1.54) is 17.0 Å². The van der Waals surface area contributed by atoms with Crippen LogP contribution in [0.5, 0.6) is 5.75 Å². The number of fused-ring (bicyclic) bond motifs is 2. The van der Waals surface area contributed by atoms with Gasteiger partial charge in [0.05, 0.1) is 18.3 Å². The fourth-order valence-electron chi connectivity index (χ4n) is 4.97. The summed E-state index contributed by atoms with van der Waals surface area (Å²) in [7, 11) is 0. The molecule has 33 heavy (non-hydrogen) atoms. The van der Waals surface area contributed by atoms with Gasteiger partial charge in [0.15, 0.2) is 23.1 Å². The number of rotatable bonds is 3. The zero-order valence-corrected chi connectivity index (χ0v) is 17.0. The van der Waals surface area contributed by atoms with E-state index in [1.54, 1.807) is 0 Å². The summed E-state index contributed by atoms with van der Waals surface area (Å²) in [6.45, 7) is 0.332. The quantitative estimate of drug-likeness (QED) is 0.609. The van der Waals surface area contributed by atoms with Crippen LogP contribution in [0, 0.1) is 23.3 Å². The SMILES string of the molecule is O=C1c2c(O)c(=O)cnn2[C@@H]([C@@H](c2ccc(F)c(F)c2)c2ccc(F)cc2F)[C@H]2CCCN12. The molecule has 0 bridgehead atoms. The maximum Gasteiger partial charge on any atom is 0.276 e. The lowest BCUT2D eigenvalue weighted by atomic mass is 9.79. The highest BCUT2D eigenvalue weighted by Gasteiger charge is 2.48. The largest absolute Gasteiger partial charge is 0.502 e. The molecule has 3 heterocycles. The van der Waals surface area contributed by atoms with Gasteiger partial charge in [-0.15, -0.1) is 0 Å². The maximum atomic E-state index is 15.0. The van der Waals surface area contributed by atoms with Crippen molar-refractivity contribution in [2.75, 3.05) is 6.54 Å². The predicted octanol–water partition coefficient (Wildman–Crippen LogP) is 3.50. The van der Waals surface area contributed by atoms with Crippen LogP contribution in [-0.4, -0.2) is 38.3 Å². The minimum Gasteiger partial charge on any atom is -0.502 e. The summed E-state index contributed by atoms with van der Waals surface area (Å²) in [6.07, 6.45) is 1.93. The number of aromatic nitrogens is 2. The molecule has 3 atom stereocenters. The smallest absolute Gasteiger partial charge is 0.276 e. The van der Waals surface area contributed by atoms with Crippen molar-refractivity contribution in [1.29, 1.82) is 0 Å². The molecule has 0 spiro atoms. The Morgan fingerprint density at radius 3 is 2.52 bits per heavy atom. The molecule has 5 rings (SSSR count). The van der Waals surface area contributed by atoms with Crippen molar-refractivity contribution in [2.45, 2.75) is 30.8 Å². The Bertz CT molecular complexity index is 1340. The minimum absolute atomic E-state index is 0.0282. The molecule has 2 aliphatic rings. The highest BCUT2D eigenvalue weighted by atomic mass is 19.2. The number of hydrogen-bond acceptors (Lipinski definition) is 4. The molecule has 0 saturated carbocycles. The molecule has 2 aliphatic heterocycles. The molecule has 1 saturated heterocycles. The number of hydrogen-bond donors (Lipinski definition) is 1. The van der Waals surface area contributed by atoms with Crippen LogP contribution in [0.4, 0.5) is 17.6 Å². The van der Waals surface area contributed by atoms with Crippen molar-refractivity contribution in [2.24, 2.45) is 0 Å². The second-order valence-electron chi connectivity index (χ2n) is 8.17. The number of carbonyl (C=O) groups excluding carboxylic acids is 1. The van der Waals surface area contributed by atoms with Gasteiger partial charge in [0.1, 0.15) is 11.6 Å². The first-order valence-corrected chi connectivity index (χ1v) is 10.3. The lowest BCUT2D eigenvalue weighted by molar-refractivity contribution is 0.0564. The fraction of sp³-hybridized carbons (Fsp3) is 0.261. The summed E-state index contributed by atoms with van der Waals surface area (Å²) < 4.78 is 57.8. The Hall–Kier alpha value is -3.69. The lowest BCUT2D eigenvalue weighted by Crippen LogP contribution is -2.51. The number of nitrogens with zero attached hydrogens (tertiary/aromatic N) is 3. The van der Waals surface area contributed by atoms with Crippen LogP contribution in [0.1, 0.15) is 46.4 Å². The van der Waals surface area contributed by atoms with Gasteiger partial charge in [-0.25, -0.2) is 17.6 Å². The average molecular weight is 459 g/mol. The van der Waals surface area contributed by atoms with Gasteiger partial charge >= 0.3 is 0 Å². The van der Waals surface area contributed by atoms with Crippen LogP contribution in [0.15, 0.2) is 47.4 Å². The molecule has 1 fully saturated rings. The van der Waals surface area contributed by atoms with Crippen molar-refractivity contribution >= 4 is 5.91 Å². The van der Waals surface area contributed by atoms with Gasteiger partial charge in [0.2, 0.25) is 5.43 Å². The Labute approximate surface area is 184 Å². The third-order valence-electron chi connectivity index (χ3n) is 6.37. The molecule has 1 amide bonds. The normalized spacial score (nSPS) is 20.5. The predicted molar refractivity (Wildman–Crippen MR) is 108 cm³/mol. The summed E-state index contributed by atoms with van der Waals surface area (Å²) in [5, 5.41) is 14.5. The monoisotopic (exact) mass is 459 g/mol. The van der Waals surface area contributed by atoms with Gasteiger partial charge in [0.25, 0.3) is 5.91 Å². The van der Waals surface area contributed by atoms with Crippen LogP contribution in [-0.2, 0) is 0 Å². The topological polar surface area (TPSA) is 75.4 Å². The van der Waals surface area contributed by atoms with E-state index in [0.29, 0.717) is 25.5 Å². The third-order valence-corrected chi connectivity index (χ3v) is 6.37. The first-order chi connectivity index (χ1) is 15.8. The van der Waals surface area contributed by atoms with Crippen molar-refractivity contribution in [3.05, 3.63) is 92.9 Å². The molecule has 6 nitrogen and oxygen atoms in total. The summed E-state index contributed by atoms with van der Waals surface area (Å²) in [4.78, 5) is 26.6. The van der Waals surface area contributed by atoms with Crippen molar-refractivity contribution in [1.82, 2.24) is 14.7 Å². The van der Waals surface area contributed by atoms with Crippen LogP contribution in [0.3, 0.4) is 0 Å². The van der Waals surface area contributed by atoms with Crippen molar-refractivity contribution in [3.63, 3.8) is 0 Å². The van der Waals surface area contributed by atoms with Gasteiger partial charge in [-0.05, 0) is 42.2 Å². The number of aromatic hydroxyl groups is 1. The van der Waals surface area contributed by atoms with Gasteiger partial charge in [-0.2, -0.15) is 5.10 Å². The Morgan fingerprint density at radius 1 is 1.00 bits per heavy atom. The van der Waals surface area contributed by atoms with Gasteiger partial charge < -0.3 is 10.0 Å². The van der Waals surface area contributed by atoms with Crippen LogP contribution >= 0.6 is 0 Å². The highest BCUT2D eigenvalue weighted by Crippen LogP contribution is 2.46. The zero-order chi connectivity index (χ0) is 23.4. The number of amides is 1. The number of benzene rings is 2. The molecule has 3 aromatic rings. The summed E-state index contributed by atoms with van der Waals surface area (Å²) in [5.74, 6) is -6.44. The van der Waals surface area contributed by atoms with Gasteiger partial charge in [-0.3, -0.25) is 14.3 Å².